The molecule has 2 aromatic carbocycles. The largest absolute Gasteiger partial charge is 0.455 e. The zero-order valence-corrected chi connectivity index (χ0v) is 15.1. The summed E-state index contributed by atoms with van der Waals surface area (Å²) in [4.78, 5) is 46.7. The fraction of sp³-hybridized carbons (Fsp3) is 0.200. The summed E-state index contributed by atoms with van der Waals surface area (Å²) in [6.07, 6.45) is -0.192. The molecule has 0 bridgehead atoms. The van der Waals surface area contributed by atoms with Gasteiger partial charge in [0.05, 0.1) is 6.42 Å². The average molecular weight is 383 g/mol. The van der Waals surface area contributed by atoms with Crippen LogP contribution in [0.3, 0.4) is 0 Å². The van der Waals surface area contributed by atoms with Gasteiger partial charge in [-0.3, -0.25) is 30.0 Å². The number of benzene rings is 2. The Bertz CT molecular complexity index is 809. The van der Waals surface area contributed by atoms with Crippen molar-refractivity contribution in [1.29, 1.82) is 0 Å². The Labute approximate surface area is 162 Å². The van der Waals surface area contributed by atoms with Crippen LogP contribution in [0.25, 0.3) is 0 Å². The van der Waals surface area contributed by atoms with Crippen molar-refractivity contribution in [3.05, 3.63) is 71.8 Å². The molecule has 2 aromatic rings. The fourth-order valence-corrected chi connectivity index (χ4v) is 2.14. The van der Waals surface area contributed by atoms with E-state index in [2.05, 4.69) is 16.2 Å². The highest BCUT2D eigenvalue weighted by atomic mass is 16.5. The number of carbonyl (C=O) groups is 4. The number of nitrogens with one attached hydrogen (secondary N) is 3. The van der Waals surface area contributed by atoms with Gasteiger partial charge in [-0.15, -0.1) is 0 Å². The van der Waals surface area contributed by atoms with Crippen molar-refractivity contribution in [3.63, 3.8) is 0 Å². The van der Waals surface area contributed by atoms with E-state index in [0.29, 0.717) is 12.1 Å². The summed E-state index contributed by atoms with van der Waals surface area (Å²) >= 11 is 0. The van der Waals surface area contributed by atoms with Gasteiger partial charge in [-0.25, -0.2) is 0 Å². The Morgan fingerprint density at radius 3 is 2.07 bits per heavy atom. The molecule has 0 atom stereocenters. The van der Waals surface area contributed by atoms with Gasteiger partial charge in [0.1, 0.15) is 0 Å². The fourth-order valence-electron chi connectivity index (χ4n) is 2.14. The van der Waals surface area contributed by atoms with Crippen molar-refractivity contribution in [3.8, 4) is 0 Å². The van der Waals surface area contributed by atoms with Crippen molar-refractivity contribution in [2.75, 3.05) is 6.61 Å². The van der Waals surface area contributed by atoms with Crippen LogP contribution in [0.15, 0.2) is 60.7 Å². The van der Waals surface area contributed by atoms with Crippen LogP contribution in [0.5, 0.6) is 0 Å². The number of rotatable bonds is 8. The minimum absolute atomic E-state index is 0.0436. The Morgan fingerprint density at radius 2 is 1.39 bits per heavy atom. The van der Waals surface area contributed by atoms with Crippen LogP contribution in [0.4, 0.5) is 0 Å². The molecule has 28 heavy (non-hydrogen) atoms. The third kappa shape index (κ3) is 7.69. The first kappa shape index (κ1) is 20.6. The van der Waals surface area contributed by atoms with Crippen LogP contribution in [-0.4, -0.2) is 30.3 Å². The van der Waals surface area contributed by atoms with Crippen LogP contribution < -0.4 is 16.2 Å². The topological polar surface area (TPSA) is 114 Å². The molecule has 2 rings (SSSR count). The van der Waals surface area contributed by atoms with Gasteiger partial charge in [-0.2, -0.15) is 0 Å². The van der Waals surface area contributed by atoms with Crippen molar-refractivity contribution in [1.82, 2.24) is 16.2 Å². The number of hydrazine groups is 1. The molecular weight excluding hydrogens is 362 g/mol. The molecular formula is C20H21N3O5. The zero-order chi connectivity index (χ0) is 20.2. The molecule has 0 saturated heterocycles. The van der Waals surface area contributed by atoms with E-state index >= 15 is 0 Å². The van der Waals surface area contributed by atoms with E-state index in [1.54, 1.807) is 30.3 Å². The lowest BCUT2D eigenvalue weighted by molar-refractivity contribution is -0.149. The van der Waals surface area contributed by atoms with Gasteiger partial charge >= 0.3 is 5.97 Å². The molecule has 0 aliphatic carbocycles. The quantitative estimate of drug-likeness (QED) is 0.466. The summed E-state index contributed by atoms with van der Waals surface area (Å²) in [5, 5.41) is 2.69. The van der Waals surface area contributed by atoms with Crippen LogP contribution >= 0.6 is 0 Å². The molecule has 0 saturated carbocycles. The standard InChI is InChI=1S/C20H21N3O5/c24-17(21-13-15-7-3-1-4-8-15)11-12-19(26)28-14-18(25)22-23-20(27)16-9-5-2-6-10-16/h1-10H,11-14H2,(H,21,24)(H,22,25)(H,23,27). The number of hydrogen-bond donors (Lipinski definition) is 3. The molecule has 0 radical (unpaired) electrons. The zero-order valence-electron chi connectivity index (χ0n) is 15.1. The summed E-state index contributed by atoms with van der Waals surface area (Å²) in [6.45, 7) is -0.183. The minimum atomic E-state index is -0.689. The summed E-state index contributed by atoms with van der Waals surface area (Å²) in [5.74, 6) is -2.15. The average Bonchev–Trinajstić information content (AvgIpc) is 2.74. The number of amides is 3. The lowest BCUT2D eigenvalue weighted by atomic mass is 10.2. The van der Waals surface area contributed by atoms with Crippen LogP contribution in [-0.2, 0) is 25.7 Å². The van der Waals surface area contributed by atoms with Gasteiger partial charge in [0.2, 0.25) is 5.91 Å². The first-order valence-electron chi connectivity index (χ1n) is 8.65. The first-order valence-corrected chi connectivity index (χ1v) is 8.65. The van der Waals surface area contributed by atoms with E-state index in [1.807, 2.05) is 30.3 Å². The normalized spacial score (nSPS) is 9.86. The lowest BCUT2D eigenvalue weighted by Gasteiger charge is -2.08. The summed E-state index contributed by atoms with van der Waals surface area (Å²) in [6, 6.07) is 17.7. The molecule has 0 unspecified atom stereocenters. The molecule has 3 amide bonds. The molecule has 3 N–H and O–H groups in total. The van der Waals surface area contributed by atoms with E-state index in [-0.39, 0.29) is 18.7 Å². The van der Waals surface area contributed by atoms with Gasteiger partial charge in [0.15, 0.2) is 6.61 Å². The summed E-state index contributed by atoms with van der Waals surface area (Å²) < 4.78 is 4.77. The monoisotopic (exact) mass is 383 g/mol. The molecule has 0 spiro atoms. The van der Waals surface area contributed by atoms with Crippen molar-refractivity contribution in [2.45, 2.75) is 19.4 Å². The van der Waals surface area contributed by atoms with E-state index in [4.69, 9.17) is 4.74 Å². The molecule has 8 heteroatoms. The van der Waals surface area contributed by atoms with E-state index in [0.717, 1.165) is 5.56 Å². The number of hydrogen-bond acceptors (Lipinski definition) is 5. The molecule has 0 aliphatic rings. The van der Waals surface area contributed by atoms with Crippen molar-refractivity contribution >= 4 is 23.7 Å². The third-order valence-electron chi connectivity index (χ3n) is 3.60. The van der Waals surface area contributed by atoms with Crippen LogP contribution in [0.1, 0.15) is 28.8 Å². The summed E-state index contributed by atoms with van der Waals surface area (Å²) in [5.41, 5.74) is 5.68. The van der Waals surface area contributed by atoms with E-state index < -0.39 is 24.4 Å². The second kappa shape index (κ2) is 11.1. The van der Waals surface area contributed by atoms with E-state index in [1.165, 1.54) is 0 Å². The third-order valence-corrected chi connectivity index (χ3v) is 3.60. The minimum Gasteiger partial charge on any atom is -0.455 e. The van der Waals surface area contributed by atoms with Gasteiger partial charge in [0.25, 0.3) is 11.8 Å². The maximum Gasteiger partial charge on any atom is 0.306 e. The highest BCUT2D eigenvalue weighted by Gasteiger charge is 2.11. The highest BCUT2D eigenvalue weighted by Crippen LogP contribution is 1.99. The molecule has 146 valence electrons. The molecule has 8 nitrogen and oxygen atoms in total. The first-order chi connectivity index (χ1) is 13.5. The van der Waals surface area contributed by atoms with Gasteiger partial charge in [-0.1, -0.05) is 48.5 Å². The van der Waals surface area contributed by atoms with Gasteiger partial charge in [-0.05, 0) is 17.7 Å². The molecule has 0 fully saturated rings. The Balaban J connectivity index is 1.58. The smallest absolute Gasteiger partial charge is 0.306 e. The Kier molecular flexibility index (Phi) is 8.19. The SMILES string of the molecule is O=C(CCC(=O)OCC(=O)NNC(=O)c1ccccc1)NCc1ccccc1. The number of ether oxygens (including phenoxy) is 1. The second-order valence-electron chi connectivity index (χ2n) is 5.79. The maximum absolute atomic E-state index is 11.8. The van der Waals surface area contributed by atoms with Crippen LogP contribution in [0.2, 0.25) is 0 Å². The van der Waals surface area contributed by atoms with Gasteiger partial charge in [0, 0.05) is 18.5 Å². The van der Waals surface area contributed by atoms with E-state index in [9.17, 15) is 19.2 Å². The van der Waals surface area contributed by atoms with Crippen molar-refractivity contribution in [2.24, 2.45) is 0 Å². The Hall–Kier alpha value is -3.68. The molecule has 0 aromatic heterocycles. The number of carbonyl (C=O) groups excluding carboxylic acids is 4. The molecule has 0 heterocycles. The lowest BCUT2D eigenvalue weighted by Crippen LogP contribution is -2.43. The Morgan fingerprint density at radius 1 is 0.750 bits per heavy atom. The highest BCUT2D eigenvalue weighted by molar-refractivity contribution is 5.95. The molecule has 0 aliphatic heterocycles. The second-order valence-corrected chi connectivity index (χ2v) is 5.79. The predicted octanol–water partition coefficient (Wildman–Crippen LogP) is 1.09. The van der Waals surface area contributed by atoms with Crippen molar-refractivity contribution < 1.29 is 23.9 Å². The van der Waals surface area contributed by atoms with Gasteiger partial charge < -0.3 is 10.1 Å². The predicted molar refractivity (Wildman–Crippen MR) is 101 cm³/mol. The number of esters is 1. The summed E-state index contributed by atoms with van der Waals surface area (Å²) in [7, 11) is 0. The van der Waals surface area contributed by atoms with Crippen LogP contribution in [0, 0.1) is 0 Å². The maximum atomic E-state index is 11.8.